The Labute approximate surface area is 199 Å². The van der Waals surface area contributed by atoms with Crippen LogP contribution in [-0.2, 0) is 23.8 Å². The van der Waals surface area contributed by atoms with Crippen molar-refractivity contribution >= 4 is 11.9 Å². The van der Waals surface area contributed by atoms with E-state index in [-0.39, 0.29) is 18.4 Å². The fourth-order valence-corrected chi connectivity index (χ4v) is 6.45. The number of carbonyl (C=O) groups excluding carboxylic acids is 2. The normalized spacial score (nSPS) is 31.0. The molecular weight excluding hydrogens is 486 g/mol. The van der Waals surface area contributed by atoms with Gasteiger partial charge in [0.2, 0.25) is 0 Å². The zero-order chi connectivity index (χ0) is 26.9. The van der Waals surface area contributed by atoms with E-state index >= 15 is 0 Å². The highest BCUT2D eigenvalue weighted by Crippen LogP contribution is 2.64. The van der Waals surface area contributed by atoms with Gasteiger partial charge in [0.1, 0.15) is 17.8 Å². The molecule has 0 aromatic rings. The molecule has 6 atom stereocenters. The summed E-state index contributed by atoms with van der Waals surface area (Å²) in [5.41, 5.74) is -9.99. The summed E-state index contributed by atoms with van der Waals surface area (Å²) in [6, 6.07) is 0. The Morgan fingerprint density at radius 3 is 2.03 bits per heavy atom. The number of rotatable bonds is 8. The second-order valence-corrected chi connectivity index (χ2v) is 10.3. The van der Waals surface area contributed by atoms with Gasteiger partial charge < -0.3 is 19.3 Å². The highest BCUT2D eigenvalue weighted by molar-refractivity contribution is 5.87. The summed E-state index contributed by atoms with van der Waals surface area (Å²) in [6.45, 7) is 9.05. The van der Waals surface area contributed by atoms with Gasteiger partial charge >= 0.3 is 24.3 Å². The van der Waals surface area contributed by atoms with Crippen LogP contribution in [0.15, 0.2) is 12.2 Å². The van der Waals surface area contributed by atoms with E-state index in [4.69, 9.17) is 14.2 Å². The number of halogens is 6. The third-order valence-corrected chi connectivity index (χ3v) is 8.09. The van der Waals surface area contributed by atoms with Crippen LogP contribution in [0.3, 0.4) is 0 Å². The summed E-state index contributed by atoms with van der Waals surface area (Å²) in [5, 5.41) is 10.1. The van der Waals surface area contributed by atoms with Crippen LogP contribution in [0.5, 0.6) is 0 Å². The topological polar surface area (TPSA) is 82.1 Å². The molecule has 0 radical (unpaired) electrons. The van der Waals surface area contributed by atoms with Gasteiger partial charge in [-0.25, -0.2) is 4.79 Å². The second kappa shape index (κ2) is 8.36. The van der Waals surface area contributed by atoms with E-state index in [1.165, 1.54) is 20.8 Å². The summed E-state index contributed by atoms with van der Waals surface area (Å²) in [6.07, 6.45) is -13.7. The molecule has 35 heavy (non-hydrogen) atoms. The van der Waals surface area contributed by atoms with E-state index in [0.29, 0.717) is 20.3 Å². The molecule has 6 unspecified atom stereocenters. The van der Waals surface area contributed by atoms with Crippen LogP contribution in [0, 0.1) is 23.7 Å². The largest absolute Gasteiger partial charge is 0.458 e. The van der Waals surface area contributed by atoms with Crippen molar-refractivity contribution < 1.29 is 55.2 Å². The molecule has 0 amide bonds. The molecule has 2 bridgehead atoms. The van der Waals surface area contributed by atoms with E-state index < -0.39 is 77.0 Å². The molecule has 6 nitrogen and oxygen atoms in total. The van der Waals surface area contributed by atoms with E-state index in [1.807, 2.05) is 0 Å². The van der Waals surface area contributed by atoms with Gasteiger partial charge in [0.15, 0.2) is 0 Å². The Morgan fingerprint density at radius 1 is 1.09 bits per heavy atom. The average Bonchev–Trinajstić information content (AvgIpc) is 3.33. The minimum Gasteiger partial charge on any atom is -0.458 e. The number of hydrogen-bond acceptors (Lipinski definition) is 6. The lowest BCUT2D eigenvalue weighted by Crippen LogP contribution is -2.71. The lowest BCUT2D eigenvalue weighted by molar-refractivity contribution is -0.424. The van der Waals surface area contributed by atoms with Gasteiger partial charge in [-0.1, -0.05) is 20.4 Å². The maximum absolute atomic E-state index is 13.7. The molecule has 2 saturated carbocycles. The molecule has 2 aliphatic carbocycles. The number of esters is 2. The first-order chi connectivity index (χ1) is 15.8. The van der Waals surface area contributed by atoms with Crippen molar-refractivity contribution in [1.29, 1.82) is 0 Å². The Hall–Kier alpha value is -1.82. The minimum absolute atomic E-state index is 0.0673. The summed E-state index contributed by atoms with van der Waals surface area (Å²) in [7, 11) is 0. The molecule has 3 fully saturated rings. The Bertz CT molecular complexity index is 876. The van der Waals surface area contributed by atoms with Crippen molar-refractivity contribution in [3.8, 4) is 0 Å². The van der Waals surface area contributed by atoms with Crippen molar-refractivity contribution in [2.75, 3.05) is 0 Å². The van der Waals surface area contributed by atoms with Crippen LogP contribution in [0.1, 0.15) is 53.9 Å². The summed E-state index contributed by atoms with van der Waals surface area (Å²) < 4.78 is 98.9. The van der Waals surface area contributed by atoms with Crippen LogP contribution in [0.2, 0.25) is 0 Å². The number of aliphatic hydroxyl groups is 1. The van der Waals surface area contributed by atoms with Crippen molar-refractivity contribution in [3.05, 3.63) is 12.2 Å². The first kappa shape index (κ1) is 27.8. The molecule has 200 valence electrons. The number of fused-ring (bicyclic) bond motifs is 1. The lowest BCUT2D eigenvalue weighted by Gasteiger charge is -2.52. The van der Waals surface area contributed by atoms with E-state index in [2.05, 4.69) is 6.58 Å². The zero-order valence-corrected chi connectivity index (χ0v) is 20.0. The predicted octanol–water partition coefficient (Wildman–Crippen LogP) is 4.49. The average molecular weight is 516 g/mol. The summed E-state index contributed by atoms with van der Waals surface area (Å²) in [4.78, 5) is 25.0. The number of ether oxygens (including phenoxy) is 3. The van der Waals surface area contributed by atoms with Gasteiger partial charge in [-0.15, -0.1) is 0 Å². The zero-order valence-electron chi connectivity index (χ0n) is 20.0. The molecule has 1 heterocycles. The molecule has 3 rings (SSSR count). The van der Waals surface area contributed by atoms with Crippen LogP contribution in [0.4, 0.5) is 26.3 Å². The molecule has 12 heteroatoms. The van der Waals surface area contributed by atoms with Gasteiger partial charge in [0.25, 0.3) is 5.60 Å². The molecule has 0 aromatic carbocycles. The van der Waals surface area contributed by atoms with Gasteiger partial charge in [0, 0.05) is 23.3 Å². The molecule has 1 aliphatic heterocycles. The Balaban J connectivity index is 2.07. The Morgan fingerprint density at radius 2 is 1.60 bits per heavy atom. The minimum atomic E-state index is -6.10. The monoisotopic (exact) mass is 516 g/mol. The highest BCUT2D eigenvalue weighted by Gasteiger charge is 2.79. The first-order valence-corrected chi connectivity index (χ1v) is 11.4. The van der Waals surface area contributed by atoms with Gasteiger partial charge in [-0.05, 0) is 40.0 Å². The molecule has 1 N–H and O–H groups in total. The van der Waals surface area contributed by atoms with Gasteiger partial charge in [-0.3, -0.25) is 4.79 Å². The fourth-order valence-electron chi connectivity index (χ4n) is 6.45. The molecule has 3 aliphatic rings. The van der Waals surface area contributed by atoms with Crippen molar-refractivity contribution in [2.45, 2.75) is 95.2 Å². The second-order valence-electron chi connectivity index (χ2n) is 10.3. The van der Waals surface area contributed by atoms with Crippen molar-refractivity contribution in [3.63, 3.8) is 0 Å². The van der Waals surface area contributed by atoms with Gasteiger partial charge in [0.05, 0.1) is 11.5 Å². The molecule has 1 saturated heterocycles. The predicted molar refractivity (Wildman–Crippen MR) is 109 cm³/mol. The third kappa shape index (κ3) is 3.86. The van der Waals surface area contributed by atoms with E-state index in [9.17, 15) is 41.0 Å². The number of alkyl halides is 6. The molecule has 0 aromatic heterocycles. The maximum atomic E-state index is 13.7. The summed E-state index contributed by atoms with van der Waals surface area (Å²) in [5.74, 6) is -4.17. The van der Waals surface area contributed by atoms with Crippen LogP contribution < -0.4 is 0 Å². The number of carbonyl (C=O) groups is 2. The van der Waals surface area contributed by atoms with Crippen LogP contribution >= 0.6 is 0 Å². The summed E-state index contributed by atoms with van der Waals surface area (Å²) >= 11 is 0. The standard InChI is InChI=1S/C23H30F6O6/c1-7-20(8-2,35-19(5,6)21(32,22(24,25)26)23(27,28)29)14-12-9-11-13(14)18(31)34-15(11)16(12)33-17(30)10(3)4/h11-16,32H,3,7-9H2,1-2,4-6H3. The molecule has 0 spiro atoms. The first-order valence-electron chi connectivity index (χ1n) is 11.4. The van der Waals surface area contributed by atoms with Crippen LogP contribution in [0.25, 0.3) is 0 Å². The fraction of sp³-hybridized carbons (Fsp3) is 0.826. The SMILES string of the molecule is C=C(C)C(=O)OC1C2CC3C1OC(=O)C3C2C(CC)(CC)OC(C)(C)C(O)(C(F)(F)F)C(F)(F)F. The third-order valence-electron chi connectivity index (χ3n) is 8.09. The number of hydrogen-bond donors (Lipinski definition) is 1. The lowest BCUT2D eigenvalue weighted by atomic mass is 9.66. The molecular formula is C23H30F6O6. The van der Waals surface area contributed by atoms with Crippen LogP contribution in [-0.4, -0.2) is 58.4 Å². The smallest absolute Gasteiger partial charge is 0.429 e. The maximum Gasteiger partial charge on any atom is 0.429 e. The van der Waals surface area contributed by atoms with Crippen molar-refractivity contribution in [2.24, 2.45) is 23.7 Å². The van der Waals surface area contributed by atoms with E-state index in [0.717, 1.165) is 0 Å². The highest BCUT2D eigenvalue weighted by atomic mass is 19.4. The van der Waals surface area contributed by atoms with Gasteiger partial charge in [-0.2, -0.15) is 26.3 Å². The van der Waals surface area contributed by atoms with Crippen molar-refractivity contribution in [1.82, 2.24) is 0 Å². The Kier molecular flexibility index (Phi) is 6.63. The van der Waals surface area contributed by atoms with E-state index in [1.54, 1.807) is 0 Å². The quantitative estimate of drug-likeness (QED) is 0.291.